The number of nitrogen functional groups attached to an aromatic ring is 1. The molecule has 9 nitrogen and oxygen atoms in total. The number of aromatic amines is 2. The van der Waals surface area contributed by atoms with Crippen molar-refractivity contribution in [3.8, 4) is 0 Å². The third kappa shape index (κ3) is 11.7. The van der Waals surface area contributed by atoms with E-state index < -0.39 is 0 Å². The monoisotopic (exact) mass is 491 g/mol. The van der Waals surface area contributed by atoms with Gasteiger partial charge in [0, 0.05) is 25.4 Å². The average Bonchev–Trinajstić information content (AvgIpc) is 3.23. The molecule has 0 aliphatic rings. The molecule has 2 aromatic rings. The van der Waals surface area contributed by atoms with Gasteiger partial charge in [-0.15, -0.1) is 0 Å². The number of anilines is 1. The van der Waals surface area contributed by atoms with E-state index in [0.29, 0.717) is 25.1 Å². The Bertz CT molecular complexity index is 911. The zero-order chi connectivity index (χ0) is 25.3. The van der Waals surface area contributed by atoms with Crippen molar-refractivity contribution in [2.24, 2.45) is 5.92 Å². The second-order valence-corrected chi connectivity index (χ2v) is 9.59. The molecule has 35 heavy (non-hydrogen) atoms. The summed E-state index contributed by atoms with van der Waals surface area (Å²) in [6.45, 7) is 2.44. The highest BCUT2D eigenvalue weighted by molar-refractivity contribution is 5.70. The summed E-state index contributed by atoms with van der Waals surface area (Å²) >= 11 is 0. The van der Waals surface area contributed by atoms with Crippen molar-refractivity contribution in [3.05, 3.63) is 16.2 Å². The Hall–Kier alpha value is -2.42. The van der Waals surface area contributed by atoms with Gasteiger partial charge in [0.2, 0.25) is 5.95 Å². The molecule has 0 saturated carbocycles. The van der Waals surface area contributed by atoms with Gasteiger partial charge in [-0.25, -0.2) is 4.98 Å². The zero-order valence-corrected chi connectivity index (χ0v) is 21.4. The minimum Gasteiger partial charge on any atom is -0.465 e. The normalized spacial score (nSPS) is 12.3. The number of nitrogens with one attached hydrogen (secondary N) is 2. The van der Waals surface area contributed by atoms with Crippen molar-refractivity contribution in [2.45, 2.75) is 110 Å². The van der Waals surface area contributed by atoms with Crippen LogP contribution in [-0.2, 0) is 16.0 Å². The molecule has 2 rings (SSSR count). The van der Waals surface area contributed by atoms with Crippen LogP contribution in [-0.4, -0.2) is 44.2 Å². The van der Waals surface area contributed by atoms with E-state index in [1.54, 1.807) is 0 Å². The summed E-state index contributed by atoms with van der Waals surface area (Å²) in [6, 6.07) is 0. The van der Waals surface area contributed by atoms with Crippen LogP contribution >= 0.6 is 0 Å². The first-order valence-corrected chi connectivity index (χ1v) is 13.5. The number of H-pyrrole nitrogens is 2. The van der Waals surface area contributed by atoms with Crippen LogP contribution < -0.4 is 11.3 Å². The molecule has 0 aliphatic heterocycles. The maximum Gasteiger partial charge on any atom is 0.305 e. The van der Waals surface area contributed by atoms with Crippen molar-refractivity contribution in [1.29, 1.82) is 0 Å². The lowest BCUT2D eigenvalue weighted by Crippen LogP contribution is -2.18. The Labute approximate surface area is 208 Å². The maximum absolute atomic E-state index is 12.2. The Kier molecular flexibility index (Phi) is 14.1. The van der Waals surface area contributed by atoms with Gasteiger partial charge >= 0.3 is 5.97 Å². The highest BCUT2D eigenvalue weighted by atomic mass is 16.5. The van der Waals surface area contributed by atoms with E-state index in [2.05, 4.69) is 26.9 Å². The number of nitrogens with zero attached hydrogens (tertiary/aromatic N) is 2. The first-order valence-electron chi connectivity index (χ1n) is 13.5. The van der Waals surface area contributed by atoms with Gasteiger partial charge < -0.3 is 20.6 Å². The Morgan fingerprint density at radius 2 is 1.54 bits per heavy atom. The van der Waals surface area contributed by atoms with Crippen molar-refractivity contribution in [2.75, 3.05) is 18.9 Å². The second-order valence-electron chi connectivity index (χ2n) is 9.59. The summed E-state index contributed by atoms with van der Waals surface area (Å²) in [5.74, 6) is 0.253. The molecule has 0 saturated heterocycles. The number of imidazole rings is 1. The van der Waals surface area contributed by atoms with E-state index in [4.69, 9.17) is 10.5 Å². The fourth-order valence-corrected chi connectivity index (χ4v) is 4.34. The van der Waals surface area contributed by atoms with E-state index in [1.807, 2.05) is 0 Å². The fraction of sp³-hybridized carbons (Fsp3) is 0.769. The van der Waals surface area contributed by atoms with Crippen molar-refractivity contribution >= 4 is 23.1 Å². The van der Waals surface area contributed by atoms with Crippen molar-refractivity contribution in [3.63, 3.8) is 0 Å². The molecule has 2 heterocycles. The van der Waals surface area contributed by atoms with E-state index in [9.17, 15) is 14.7 Å². The molecule has 1 unspecified atom stereocenters. The van der Waals surface area contributed by atoms with Crippen molar-refractivity contribution in [1.82, 2.24) is 19.9 Å². The van der Waals surface area contributed by atoms with Gasteiger partial charge in [0.25, 0.3) is 5.56 Å². The standard InChI is InChI=1S/C26H45N5O4/c1-2-3-4-5-6-7-8-9-10-11-12-13-14-15-22(33)35-19-20(16-17-32)18-21-28-23-24(29-21)30-26(27)31-25(23)34/h20,32H,2-19H2,1H3,(H4,27,28,29,30,31,34). The molecule has 0 bridgehead atoms. The fourth-order valence-electron chi connectivity index (χ4n) is 4.34. The van der Waals surface area contributed by atoms with Crippen LogP contribution in [0.1, 0.15) is 109 Å². The van der Waals surface area contributed by atoms with Gasteiger partial charge in [-0.2, -0.15) is 4.98 Å². The highest BCUT2D eigenvalue weighted by Crippen LogP contribution is 2.15. The Morgan fingerprint density at radius 1 is 0.943 bits per heavy atom. The molecule has 1 atom stereocenters. The van der Waals surface area contributed by atoms with Gasteiger partial charge in [-0.3, -0.25) is 14.6 Å². The number of rotatable bonds is 20. The molecule has 0 aliphatic carbocycles. The lowest BCUT2D eigenvalue weighted by molar-refractivity contribution is -0.145. The number of hydrogen-bond donors (Lipinski definition) is 4. The molecule has 0 fully saturated rings. The number of carbonyl (C=O) groups excluding carboxylic acids is 1. The third-order valence-electron chi connectivity index (χ3n) is 6.41. The summed E-state index contributed by atoms with van der Waals surface area (Å²) in [6.07, 6.45) is 17.8. The predicted octanol–water partition coefficient (Wildman–Crippen LogP) is 4.79. The number of fused-ring (bicyclic) bond motifs is 1. The Morgan fingerprint density at radius 3 is 2.14 bits per heavy atom. The first-order chi connectivity index (χ1) is 17.0. The smallest absolute Gasteiger partial charge is 0.305 e. The number of nitrogens with two attached hydrogens (primary N) is 1. The Balaban J connectivity index is 1.55. The van der Waals surface area contributed by atoms with Gasteiger partial charge in [0.1, 0.15) is 5.82 Å². The van der Waals surface area contributed by atoms with Crippen LogP contribution in [0, 0.1) is 5.92 Å². The first kappa shape index (κ1) is 28.8. The predicted molar refractivity (Wildman–Crippen MR) is 139 cm³/mol. The summed E-state index contributed by atoms with van der Waals surface area (Å²) < 4.78 is 5.46. The molecular weight excluding hydrogens is 446 g/mol. The van der Waals surface area contributed by atoms with Crippen LogP contribution in [0.4, 0.5) is 5.95 Å². The molecule has 9 heteroatoms. The quantitative estimate of drug-likeness (QED) is 0.154. The number of aliphatic hydroxyl groups excluding tert-OH is 1. The minimum absolute atomic E-state index is 0.00885. The molecule has 0 spiro atoms. The van der Waals surface area contributed by atoms with E-state index in [0.717, 1.165) is 12.8 Å². The summed E-state index contributed by atoms with van der Waals surface area (Å²) in [4.78, 5) is 37.8. The summed E-state index contributed by atoms with van der Waals surface area (Å²) in [5.41, 5.74) is 5.69. The van der Waals surface area contributed by atoms with E-state index in [-0.39, 0.29) is 47.8 Å². The molecule has 5 N–H and O–H groups in total. The topological polar surface area (TPSA) is 147 Å². The molecular formula is C26H45N5O4. The molecule has 0 amide bonds. The lowest BCUT2D eigenvalue weighted by Gasteiger charge is -2.14. The molecule has 198 valence electrons. The highest BCUT2D eigenvalue weighted by Gasteiger charge is 2.16. The number of aliphatic hydroxyl groups is 1. The average molecular weight is 492 g/mol. The molecule has 0 aromatic carbocycles. The number of hydrogen-bond acceptors (Lipinski definition) is 7. The van der Waals surface area contributed by atoms with Crippen LogP contribution in [0.25, 0.3) is 11.2 Å². The second kappa shape index (κ2) is 17.1. The number of aromatic nitrogens is 4. The number of ether oxygens (including phenoxy) is 1. The maximum atomic E-state index is 12.2. The largest absolute Gasteiger partial charge is 0.465 e. The molecule has 2 aromatic heterocycles. The van der Waals surface area contributed by atoms with E-state index in [1.165, 1.54) is 70.6 Å². The van der Waals surface area contributed by atoms with Crippen LogP contribution in [0.15, 0.2) is 4.79 Å². The summed E-state index contributed by atoms with van der Waals surface area (Å²) in [5, 5.41) is 9.38. The van der Waals surface area contributed by atoms with Crippen LogP contribution in [0.5, 0.6) is 0 Å². The number of unbranched alkanes of at least 4 members (excludes halogenated alkanes) is 12. The number of esters is 1. The van der Waals surface area contributed by atoms with Gasteiger partial charge in [0.05, 0.1) is 6.61 Å². The van der Waals surface area contributed by atoms with Gasteiger partial charge in [0.15, 0.2) is 11.2 Å². The van der Waals surface area contributed by atoms with Gasteiger partial charge in [-0.05, 0) is 12.8 Å². The number of carbonyl (C=O) groups is 1. The van der Waals surface area contributed by atoms with Crippen LogP contribution in [0.3, 0.4) is 0 Å². The molecule has 0 radical (unpaired) electrons. The van der Waals surface area contributed by atoms with Crippen LogP contribution in [0.2, 0.25) is 0 Å². The van der Waals surface area contributed by atoms with Crippen molar-refractivity contribution < 1.29 is 14.6 Å². The SMILES string of the molecule is CCCCCCCCCCCCCCCC(=O)OCC(CCO)Cc1nc2nc(N)[nH]c(=O)c2[nH]1. The minimum atomic E-state index is -0.380. The lowest BCUT2D eigenvalue weighted by atomic mass is 10.0. The van der Waals surface area contributed by atoms with E-state index >= 15 is 0 Å². The summed E-state index contributed by atoms with van der Waals surface area (Å²) in [7, 11) is 0. The van der Waals surface area contributed by atoms with Gasteiger partial charge in [-0.1, -0.05) is 84.0 Å². The third-order valence-corrected chi connectivity index (χ3v) is 6.41. The zero-order valence-electron chi connectivity index (χ0n) is 21.4.